The first kappa shape index (κ1) is 22.9. The van der Waals surface area contributed by atoms with Crippen molar-refractivity contribution in [2.24, 2.45) is 0 Å². The minimum Gasteiger partial charge on any atom is -0.394 e. The molecule has 0 amide bonds. The van der Waals surface area contributed by atoms with E-state index in [1.165, 1.54) is 89.9 Å². The Morgan fingerprint density at radius 1 is 0.652 bits per heavy atom. The van der Waals surface area contributed by atoms with Gasteiger partial charge < -0.3 is 14.9 Å². The molecule has 0 fully saturated rings. The van der Waals surface area contributed by atoms with Crippen molar-refractivity contribution < 1.29 is 14.9 Å². The monoisotopic (exact) mass is 330 g/mol. The Labute approximate surface area is 144 Å². The fourth-order valence-corrected chi connectivity index (χ4v) is 2.85. The summed E-state index contributed by atoms with van der Waals surface area (Å²) in [5, 5.41) is 17.7. The van der Waals surface area contributed by atoms with E-state index in [9.17, 15) is 0 Å². The van der Waals surface area contributed by atoms with Crippen LogP contribution in [0, 0.1) is 0 Å². The van der Waals surface area contributed by atoms with E-state index in [1.54, 1.807) is 0 Å². The first-order valence-electron chi connectivity index (χ1n) is 10.2. The van der Waals surface area contributed by atoms with E-state index in [4.69, 9.17) is 14.9 Å². The molecule has 0 saturated carbocycles. The Morgan fingerprint density at radius 3 is 1.43 bits per heavy atom. The molecule has 0 aliphatic heterocycles. The Kier molecular flexibility index (Phi) is 19.8. The van der Waals surface area contributed by atoms with Crippen LogP contribution in [0.15, 0.2) is 0 Å². The summed E-state index contributed by atoms with van der Waals surface area (Å²) in [6, 6.07) is 0. The summed E-state index contributed by atoms with van der Waals surface area (Å²) < 4.78 is 5.29. The van der Waals surface area contributed by atoms with Crippen molar-refractivity contribution in [3.63, 3.8) is 0 Å². The van der Waals surface area contributed by atoms with Gasteiger partial charge in [0.2, 0.25) is 0 Å². The minimum atomic E-state index is -0.716. The van der Waals surface area contributed by atoms with Crippen LogP contribution < -0.4 is 0 Å². The molecule has 23 heavy (non-hydrogen) atoms. The molecule has 0 aromatic carbocycles. The summed E-state index contributed by atoms with van der Waals surface area (Å²) in [4.78, 5) is 0. The maximum absolute atomic E-state index is 9.11. The van der Waals surface area contributed by atoms with Crippen LogP contribution in [0.3, 0.4) is 0 Å². The second kappa shape index (κ2) is 19.9. The molecule has 1 unspecified atom stereocenters. The number of rotatable bonds is 19. The third-order valence-corrected chi connectivity index (χ3v) is 4.41. The quantitative estimate of drug-likeness (QED) is 0.319. The predicted octanol–water partition coefficient (Wildman–Crippen LogP) is 5.23. The van der Waals surface area contributed by atoms with Gasteiger partial charge in [0, 0.05) is 6.61 Å². The van der Waals surface area contributed by atoms with Crippen molar-refractivity contribution in [3.05, 3.63) is 0 Å². The molecule has 0 aromatic rings. The molecule has 0 aliphatic carbocycles. The largest absolute Gasteiger partial charge is 0.394 e. The van der Waals surface area contributed by atoms with E-state index >= 15 is 0 Å². The molecule has 1 atom stereocenters. The van der Waals surface area contributed by atoms with Gasteiger partial charge in [-0.3, -0.25) is 0 Å². The second-order valence-electron chi connectivity index (χ2n) is 6.86. The second-order valence-corrected chi connectivity index (χ2v) is 6.86. The maximum atomic E-state index is 9.11. The Hall–Kier alpha value is -0.120. The van der Waals surface area contributed by atoms with Gasteiger partial charge in [0.15, 0.2) is 0 Å². The van der Waals surface area contributed by atoms with Crippen molar-refractivity contribution in [1.82, 2.24) is 0 Å². The number of aliphatic hydroxyl groups is 2. The summed E-state index contributed by atoms with van der Waals surface area (Å²) in [6.45, 7) is 3.03. The molecule has 0 aromatic heterocycles. The molecular formula is C20H42O3. The first-order chi connectivity index (χ1) is 11.3. The molecule has 0 saturated heterocycles. The van der Waals surface area contributed by atoms with Gasteiger partial charge >= 0.3 is 0 Å². The smallest absolute Gasteiger partial charge is 0.100 e. The predicted molar refractivity (Wildman–Crippen MR) is 98.8 cm³/mol. The Bertz CT molecular complexity index is 209. The highest BCUT2D eigenvalue weighted by Crippen LogP contribution is 2.13. The zero-order valence-corrected chi connectivity index (χ0v) is 15.6. The number of hydrogen-bond donors (Lipinski definition) is 2. The van der Waals surface area contributed by atoms with Gasteiger partial charge in [-0.05, 0) is 6.42 Å². The van der Waals surface area contributed by atoms with Crippen LogP contribution in [0.25, 0.3) is 0 Å². The summed E-state index contributed by atoms with van der Waals surface area (Å²) in [7, 11) is 0. The standard InChI is InChI=1S/C20H42O3/c1-2-3-4-5-6-7-8-9-10-11-12-13-14-15-16-17-23-19-20(22)18-21/h20-22H,2-19H2,1H3. The molecule has 0 aliphatic rings. The van der Waals surface area contributed by atoms with E-state index in [0.29, 0.717) is 6.61 Å². The van der Waals surface area contributed by atoms with Gasteiger partial charge in [0.05, 0.1) is 13.2 Å². The van der Waals surface area contributed by atoms with Crippen LogP contribution in [0.5, 0.6) is 0 Å². The van der Waals surface area contributed by atoms with Gasteiger partial charge in [-0.25, -0.2) is 0 Å². The normalized spacial score (nSPS) is 12.7. The number of hydrogen-bond acceptors (Lipinski definition) is 3. The summed E-state index contributed by atoms with van der Waals surface area (Å²) in [6.07, 6.45) is 19.8. The molecule has 0 rings (SSSR count). The van der Waals surface area contributed by atoms with Gasteiger partial charge in [0.25, 0.3) is 0 Å². The molecular weight excluding hydrogens is 288 g/mol. The molecule has 0 spiro atoms. The fraction of sp³-hybridized carbons (Fsp3) is 1.00. The van der Waals surface area contributed by atoms with Crippen molar-refractivity contribution in [3.8, 4) is 0 Å². The average Bonchev–Trinajstić information content (AvgIpc) is 2.57. The maximum Gasteiger partial charge on any atom is 0.100 e. The first-order valence-corrected chi connectivity index (χ1v) is 10.2. The van der Waals surface area contributed by atoms with E-state index in [0.717, 1.165) is 6.42 Å². The number of unbranched alkanes of at least 4 members (excludes halogenated alkanes) is 14. The van der Waals surface area contributed by atoms with Crippen LogP contribution in [0.4, 0.5) is 0 Å². The van der Waals surface area contributed by atoms with Gasteiger partial charge in [-0.15, -0.1) is 0 Å². The van der Waals surface area contributed by atoms with E-state index in [-0.39, 0.29) is 13.2 Å². The van der Waals surface area contributed by atoms with E-state index in [2.05, 4.69) is 6.92 Å². The topological polar surface area (TPSA) is 49.7 Å². The molecule has 0 bridgehead atoms. The zero-order chi connectivity index (χ0) is 17.0. The molecule has 3 nitrogen and oxygen atoms in total. The summed E-state index contributed by atoms with van der Waals surface area (Å²) in [5.74, 6) is 0. The van der Waals surface area contributed by atoms with Gasteiger partial charge in [-0.1, -0.05) is 96.8 Å². The minimum absolute atomic E-state index is 0.209. The molecule has 140 valence electrons. The number of aliphatic hydroxyl groups excluding tert-OH is 2. The highest BCUT2D eigenvalue weighted by molar-refractivity contribution is 4.51. The zero-order valence-electron chi connectivity index (χ0n) is 15.6. The van der Waals surface area contributed by atoms with Crippen LogP contribution in [-0.4, -0.2) is 36.1 Å². The SMILES string of the molecule is CCCCCCCCCCCCCCCCCOCC(O)CO. The van der Waals surface area contributed by atoms with Crippen LogP contribution in [0.1, 0.15) is 103 Å². The third-order valence-electron chi connectivity index (χ3n) is 4.41. The van der Waals surface area contributed by atoms with Gasteiger partial charge in [-0.2, -0.15) is 0 Å². The van der Waals surface area contributed by atoms with E-state index in [1.807, 2.05) is 0 Å². The molecule has 0 radical (unpaired) electrons. The Morgan fingerprint density at radius 2 is 1.04 bits per heavy atom. The van der Waals surface area contributed by atoms with Gasteiger partial charge in [0.1, 0.15) is 6.10 Å². The van der Waals surface area contributed by atoms with Crippen molar-refractivity contribution in [2.75, 3.05) is 19.8 Å². The van der Waals surface area contributed by atoms with Crippen LogP contribution in [0.2, 0.25) is 0 Å². The lowest BCUT2D eigenvalue weighted by Gasteiger charge is -2.08. The lowest BCUT2D eigenvalue weighted by molar-refractivity contribution is 0.00526. The lowest BCUT2D eigenvalue weighted by atomic mass is 10.0. The number of ether oxygens (including phenoxy) is 1. The summed E-state index contributed by atoms with van der Waals surface area (Å²) in [5.41, 5.74) is 0. The summed E-state index contributed by atoms with van der Waals surface area (Å²) >= 11 is 0. The average molecular weight is 331 g/mol. The molecule has 0 heterocycles. The fourth-order valence-electron chi connectivity index (χ4n) is 2.85. The van der Waals surface area contributed by atoms with Crippen molar-refractivity contribution >= 4 is 0 Å². The Balaban J connectivity index is 2.97. The van der Waals surface area contributed by atoms with Crippen LogP contribution >= 0.6 is 0 Å². The molecule has 2 N–H and O–H groups in total. The highest BCUT2D eigenvalue weighted by Gasteiger charge is 2.00. The molecule has 3 heteroatoms. The van der Waals surface area contributed by atoms with Crippen molar-refractivity contribution in [2.45, 2.75) is 109 Å². The highest BCUT2D eigenvalue weighted by atomic mass is 16.5. The van der Waals surface area contributed by atoms with Crippen LogP contribution in [-0.2, 0) is 4.74 Å². The van der Waals surface area contributed by atoms with Crippen molar-refractivity contribution in [1.29, 1.82) is 0 Å². The third kappa shape index (κ3) is 19.8. The van der Waals surface area contributed by atoms with E-state index < -0.39 is 6.10 Å². The lowest BCUT2D eigenvalue weighted by Crippen LogP contribution is -2.19.